The van der Waals surface area contributed by atoms with Crippen molar-refractivity contribution in [3.05, 3.63) is 72.4 Å². The minimum atomic E-state index is -0.941. The van der Waals surface area contributed by atoms with Gasteiger partial charge in [0.1, 0.15) is 6.04 Å². The molecule has 1 aliphatic heterocycles. The van der Waals surface area contributed by atoms with Crippen LogP contribution >= 0.6 is 11.8 Å². The summed E-state index contributed by atoms with van der Waals surface area (Å²) in [4.78, 5) is 39.6. The molecular weight excluding hydrogens is 530 g/mol. The SMILES string of the molecule is NCCSC[C@H](N)C(=O)N(O)[C@H]1C[C@@H](C(N)=O)N(C(=O)CCc2cn(-c3ccccc3)nc2-c2ccccc2)C1. The van der Waals surface area contributed by atoms with Crippen LogP contribution in [0.25, 0.3) is 16.9 Å². The second-order valence-electron chi connectivity index (χ2n) is 9.66. The van der Waals surface area contributed by atoms with E-state index in [0.29, 0.717) is 29.5 Å². The van der Waals surface area contributed by atoms with E-state index in [4.69, 9.17) is 22.3 Å². The summed E-state index contributed by atoms with van der Waals surface area (Å²) in [6.07, 6.45) is 2.40. The first-order chi connectivity index (χ1) is 19.3. The summed E-state index contributed by atoms with van der Waals surface area (Å²) in [5, 5.41) is 15.9. The van der Waals surface area contributed by atoms with Gasteiger partial charge in [-0.25, -0.2) is 9.75 Å². The van der Waals surface area contributed by atoms with Crippen LogP contribution in [-0.4, -0.2) is 85.4 Å². The van der Waals surface area contributed by atoms with Crippen LogP contribution in [0.15, 0.2) is 66.9 Å². The van der Waals surface area contributed by atoms with Gasteiger partial charge in [0.2, 0.25) is 11.8 Å². The van der Waals surface area contributed by atoms with Crippen molar-refractivity contribution in [2.45, 2.75) is 37.4 Å². The highest BCUT2D eigenvalue weighted by atomic mass is 32.2. The van der Waals surface area contributed by atoms with Crippen molar-refractivity contribution in [3.8, 4) is 16.9 Å². The zero-order chi connectivity index (χ0) is 28.6. The Bertz CT molecular complexity index is 1300. The number of aromatic nitrogens is 2. The molecular formula is C28H35N7O4S. The number of thioether (sulfide) groups is 1. The predicted molar refractivity (Wildman–Crippen MR) is 153 cm³/mol. The largest absolute Gasteiger partial charge is 0.368 e. The standard InChI is InChI=1S/C28H35N7O4S/c29-13-14-40-18-23(30)28(38)35(39)22-15-24(27(31)37)33(17-22)25(36)12-11-20-16-34(21-9-5-2-6-10-21)32-26(20)19-7-3-1-4-8-19/h1-10,16,22-24,39H,11-15,17-18,29-30H2,(H2,31,37)/t22-,23-,24-/m0/s1. The zero-order valence-corrected chi connectivity index (χ0v) is 23.0. The molecule has 7 N–H and O–H groups in total. The molecule has 12 heteroatoms. The van der Waals surface area contributed by atoms with E-state index in [0.717, 1.165) is 22.5 Å². The highest BCUT2D eigenvalue weighted by Crippen LogP contribution is 2.27. The van der Waals surface area contributed by atoms with Gasteiger partial charge in [0.25, 0.3) is 5.91 Å². The Morgan fingerprint density at radius 3 is 2.42 bits per heavy atom. The molecule has 2 heterocycles. The number of amides is 3. The number of nitrogens with zero attached hydrogens (tertiary/aromatic N) is 4. The Kier molecular flexibility index (Phi) is 9.93. The number of hydroxylamine groups is 2. The number of carbonyl (C=O) groups excluding carboxylic acids is 3. The molecule has 0 radical (unpaired) electrons. The summed E-state index contributed by atoms with van der Waals surface area (Å²) in [7, 11) is 0. The number of primary amides is 1. The number of benzene rings is 2. The van der Waals surface area contributed by atoms with Gasteiger partial charge >= 0.3 is 0 Å². The van der Waals surface area contributed by atoms with E-state index in [1.807, 2.05) is 66.9 Å². The lowest BCUT2D eigenvalue weighted by Gasteiger charge is -2.25. The molecule has 11 nitrogen and oxygen atoms in total. The van der Waals surface area contributed by atoms with Crippen molar-refractivity contribution in [3.63, 3.8) is 0 Å². The highest BCUT2D eigenvalue weighted by Gasteiger charge is 2.42. The van der Waals surface area contributed by atoms with Crippen LogP contribution in [0.5, 0.6) is 0 Å². The molecule has 2 aromatic carbocycles. The van der Waals surface area contributed by atoms with Crippen LogP contribution < -0.4 is 17.2 Å². The van der Waals surface area contributed by atoms with Crippen LogP contribution in [0, 0.1) is 0 Å². The summed E-state index contributed by atoms with van der Waals surface area (Å²) < 4.78 is 1.78. The van der Waals surface area contributed by atoms with Crippen molar-refractivity contribution >= 4 is 29.5 Å². The van der Waals surface area contributed by atoms with Crippen molar-refractivity contribution in [1.82, 2.24) is 19.7 Å². The van der Waals surface area contributed by atoms with Gasteiger partial charge in [-0.05, 0) is 24.1 Å². The topological polar surface area (TPSA) is 174 Å². The smallest absolute Gasteiger partial charge is 0.263 e. The lowest BCUT2D eigenvalue weighted by molar-refractivity contribution is -0.176. The maximum Gasteiger partial charge on any atom is 0.263 e. The lowest BCUT2D eigenvalue weighted by Crippen LogP contribution is -2.49. The Morgan fingerprint density at radius 1 is 1.10 bits per heavy atom. The molecule has 1 aliphatic rings. The molecule has 0 aliphatic carbocycles. The Balaban J connectivity index is 1.47. The molecule has 0 unspecified atom stereocenters. The zero-order valence-electron chi connectivity index (χ0n) is 22.1. The molecule has 1 aromatic heterocycles. The minimum absolute atomic E-state index is 0.0217. The first kappa shape index (κ1) is 29.3. The van der Waals surface area contributed by atoms with Gasteiger partial charge in [-0.2, -0.15) is 16.9 Å². The number of aryl methyl sites for hydroxylation is 1. The normalized spacial score (nSPS) is 17.5. The van der Waals surface area contributed by atoms with E-state index >= 15 is 0 Å². The Hall–Kier alpha value is -3.71. The van der Waals surface area contributed by atoms with E-state index < -0.39 is 29.9 Å². The fraction of sp³-hybridized carbons (Fsp3) is 0.357. The molecule has 3 atom stereocenters. The van der Waals surface area contributed by atoms with Gasteiger partial charge in [0.05, 0.1) is 23.5 Å². The molecule has 1 fully saturated rings. The third-order valence-electron chi connectivity index (χ3n) is 6.84. The molecule has 0 saturated carbocycles. The van der Waals surface area contributed by atoms with Crippen LogP contribution in [0.2, 0.25) is 0 Å². The number of rotatable bonds is 12. The molecule has 40 heavy (non-hydrogen) atoms. The van der Waals surface area contributed by atoms with E-state index in [-0.39, 0.29) is 25.3 Å². The molecule has 3 amide bonds. The maximum absolute atomic E-state index is 13.4. The van der Waals surface area contributed by atoms with Crippen molar-refractivity contribution in [2.75, 3.05) is 24.6 Å². The average Bonchev–Trinajstić information content (AvgIpc) is 3.62. The first-order valence-corrected chi connectivity index (χ1v) is 14.3. The average molecular weight is 566 g/mol. The molecule has 4 rings (SSSR count). The molecule has 1 saturated heterocycles. The van der Waals surface area contributed by atoms with Crippen LogP contribution in [0.1, 0.15) is 18.4 Å². The monoisotopic (exact) mass is 565 g/mol. The van der Waals surface area contributed by atoms with Crippen molar-refractivity contribution < 1.29 is 19.6 Å². The number of nitrogens with two attached hydrogens (primary N) is 3. The number of hydrogen-bond acceptors (Lipinski definition) is 8. The fourth-order valence-corrected chi connectivity index (χ4v) is 5.51. The van der Waals surface area contributed by atoms with Gasteiger partial charge in [0.15, 0.2) is 0 Å². The first-order valence-electron chi connectivity index (χ1n) is 13.1. The van der Waals surface area contributed by atoms with Gasteiger partial charge in [-0.15, -0.1) is 0 Å². The van der Waals surface area contributed by atoms with E-state index in [9.17, 15) is 19.6 Å². The van der Waals surface area contributed by atoms with Crippen molar-refractivity contribution in [2.24, 2.45) is 17.2 Å². The Labute approximate surface area is 237 Å². The fourth-order valence-electron chi connectivity index (χ4n) is 4.78. The quantitative estimate of drug-likeness (QED) is 0.144. The summed E-state index contributed by atoms with van der Waals surface area (Å²) in [5.74, 6) is -0.740. The number of carbonyl (C=O) groups is 3. The lowest BCUT2D eigenvalue weighted by atomic mass is 10.0. The summed E-state index contributed by atoms with van der Waals surface area (Å²) in [6, 6.07) is 16.7. The number of hydrogen-bond donors (Lipinski definition) is 4. The van der Waals surface area contributed by atoms with Crippen LogP contribution in [0.3, 0.4) is 0 Å². The number of likely N-dealkylation sites (tertiary alicyclic amines) is 1. The van der Waals surface area contributed by atoms with Gasteiger partial charge in [-0.3, -0.25) is 19.6 Å². The molecule has 0 spiro atoms. The third kappa shape index (κ3) is 6.89. The summed E-state index contributed by atoms with van der Waals surface area (Å²) >= 11 is 1.41. The van der Waals surface area contributed by atoms with Gasteiger partial charge in [-0.1, -0.05) is 48.5 Å². The molecule has 212 valence electrons. The second kappa shape index (κ2) is 13.6. The predicted octanol–water partition coefficient (Wildman–Crippen LogP) is 1.16. The summed E-state index contributed by atoms with van der Waals surface area (Å²) in [5.41, 5.74) is 20.5. The second-order valence-corrected chi connectivity index (χ2v) is 10.8. The molecule has 3 aromatic rings. The van der Waals surface area contributed by atoms with E-state index in [1.165, 1.54) is 16.7 Å². The molecule has 0 bridgehead atoms. The van der Waals surface area contributed by atoms with Crippen molar-refractivity contribution in [1.29, 1.82) is 0 Å². The van der Waals surface area contributed by atoms with E-state index in [2.05, 4.69) is 0 Å². The maximum atomic E-state index is 13.4. The van der Waals surface area contributed by atoms with E-state index in [1.54, 1.807) is 4.68 Å². The van der Waals surface area contributed by atoms with Gasteiger partial charge in [0, 0.05) is 49.2 Å². The highest BCUT2D eigenvalue weighted by molar-refractivity contribution is 7.99. The van der Waals surface area contributed by atoms with Gasteiger partial charge < -0.3 is 22.1 Å². The van der Waals surface area contributed by atoms with Crippen LogP contribution in [0.4, 0.5) is 0 Å². The summed E-state index contributed by atoms with van der Waals surface area (Å²) in [6.45, 7) is 0.431. The minimum Gasteiger partial charge on any atom is -0.368 e. The number of para-hydroxylation sites is 1. The third-order valence-corrected chi connectivity index (χ3v) is 7.96. The van der Waals surface area contributed by atoms with Crippen LogP contribution in [-0.2, 0) is 20.8 Å². The Morgan fingerprint density at radius 2 is 1.77 bits per heavy atom.